The zero-order chi connectivity index (χ0) is 7.40. The molecule has 1 aromatic rings. The highest BCUT2D eigenvalue weighted by molar-refractivity contribution is 5.62. The fraction of sp³-hybridized carbons (Fsp3) is 0. The van der Waals surface area contributed by atoms with E-state index in [1.54, 1.807) is 24.5 Å². The highest BCUT2D eigenvalue weighted by Gasteiger charge is 1.89. The maximum atomic E-state index is 5.56. The van der Waals surface area contributed by atoms with Crippen LogP contribution in [0.15, 0.2) is 24.7 Å². The van der Waals surface area contributed by atoms with Gasteiger partial charge in [0, 0.05) is 23.6 Å². The Morgan fingerprint density at radius 1 is 1.50 bits per heavy atom. The van der Waals surface area contributed by atoms with Crippen LogP contribution in [-0.2, 0) is 0 Å². The van der Waals surface area contributed by atoms with Crippen LogP contribution in [-0.4, -0.2) is 4.98 Å². The van der Waals surface area contributed by atoms with Gasteiger partial charge in [0.05, 0.1) is 0 Å². The van der Waals surface area contributed by atoms with Crippen LogP contribution in [0.4, 0.5) is 5.69 Å². The van der Waals surface area contributed by atoms with Crippen molar-refractivity contribution in [2.45, 2.75) is 0 Å². The lowest BCUT2D eigenvalue weighted by Gasteiger charge is -1.95. The predicted octanol–water partition coefficient (Wildman–Crippen LogP) is 0.593. The van der Waals surface area contributed by atoms with Gasteiger partial charge in [-0.3, -0.25) is 4.98 Å². The quantitative estimate of drug-likeness (QED) is 0.592. The lowest BCUT2D eigenvalue weighted by Crippen LogP contribution is -1.89. The van der Waals surface area contributed by atoms with Crippen molar-refractivity contribution in [2.24, 2.45) is 5.73 Å². The topological polar surface area (TPSA) is 64.9 Å². The third-order valence-corrected chi connectivity index (χ3v) is 1.16. The molecule has 3 heteroatoms. The third kappa shape index (κ3) is 1.25. The number of anilines is 1. The molecule has 0 aromatic carbocycles. The van der Waals surface area contributed by atoms with Gasteiger partial charge in [-0.2, -0.15) is 0 Å². The summed E-state index contributed by atoms with van der Waals surface area (Å²) in [6.07, 6.45) is 6.46. The van der Waals surface area contributed by atoms with Gasteiger partial charge in [-0.1, -0.05) is 0 Å². The molecule has 0 saturated heterocycles. The van der Waals surface area contributed by atoms with Gasteiger partial charge in [-0.05, 0) is 18.3 Å². The first-order valence-electron chi connectivity index (χ1n) is 2.92. The van der Waals surface area contributed by atoms with Crippen molar-refractivity contribution < 1.29 is 0 Å². The number of hydrogen-bond donors (Lipinski definition) is 2. The van der Waals surface area contributed by atoms with Crippen molar-refractivity contribution in [1.82, 2.24) is 4.98 Å². The average Bonchev–Trinajstić information content (AvgIpc) is 1.94. The van der Waals surface area contributed by atoms with E-state index in [1.807, 2.05) is 0 Å². The second-order valence-electron chi connectivity index (χ2n) is 1.86. The minimum absolute atomic E-state index is 0.691. The van der Waals surface area contributed by atoms with E-state index in [1.165, 1.54) is 6.20 Å². The van der Waals surface area contributed by atoms with Crippen molar-refractivity contribution in [2.75, 3.05) is 5.73 Å². The molecule has 0 amide bonds. The SMILES string of the molecule is N/C=C\c1cnccc1N. The molecule has 4 N–H and O–H groups in total. The standard InChI is InChI=1S/C7H9N3/c8-3-1-6-5-10-4-2-7(6)9/h1-5H,8H2,(H2,9,10)/b3-1-. The molecule has 0 saturated carbocycles. The van der Waals surface area contributed by atoms with E-state index in [-0.39, 0.29) is 0 Å². The molecular formula is C7H9N3. The monoisotopic (exact) mass is 135 g/mol. The van der Waals surface area contributed by atoms with Crippen LogP contribution in [0.3, 0.4) is 0 Å². The summed E-state index contributed by atoms with van der Waals surface area (Å²) < 4.78 is 0. The van der Waals surface area contributed by atoms with Crippen LogP contribution in [0.2, 0.25) is 0 Å². The summed E-state index contributed by atoms with van der Waals surface area (Å²) >= 11 is 0. The molecule has 0 spiro atoms. The van der Waals surface area contributed by atoms with Gasteiger partial charge in [0.15, 0.2) is 0 Å². The van der Waals surface area contributed by atoms with Crippen LogP contribution >= 0.6 is 0 Å². The highest BCUT2D eigenvalue weighted by atomic mass is 14.7. The maximum Gasteiger partial charge on any atom is 0.0419 e. The largest absolute Gasteiger partial charge is 0.405 e. The van der Waals surface area contributed by atoms with Gasteiger partial charge in [-0.15, -0.1) is 0 Å². The zero-order valence-electron chi connectivity index (χ0n) is 5.49. The Labute approximate surface area is 59.4 Å². The minimum atomic E-state index is 0.691. The van der Waals surface area contributed by atoms with Crippen molar-refractivity contribution >= 4 is 11.8 Å². The molecule has 3 nitrogen and oxygen atoms in total. The number of nitrogen functional groups attached to an aromatic ring is 1. The smallest absolute Gasteiger partial charge is 0.0419 e. The molecule has 0 atom stereocenters. The summed E-state index contributed by atoms with van der Waals surface area (Å²) in [4.78, 5) is 3.88. The summed E-state index contributed by atoms with van der Waals surface area (Å²) in [5.74, 6) is 0. The van der Waals surface area contributed by atoms with Crippen LogP contribution in [0.1, 0.15) is 5.56 Å². The first kappa shape index (κ1) is 6.61. The highest BCUT2D eigenvalue weighted by Crippen LogP contribution is 2.08. The van der Waals surface area contributed by atoms with E-state index in [2.05, 4.69) is 4.98 Å². The molecule has 0 aliphatic heterocycles. The van der Waals surface area contributed by atoms with Gasteiger partial charge in [-0.25, -0.2) is 0 Å². The zero-order valence-corrected chi connectivity index (χ0v) is 5.49. The normalized spacial score (nSPS) is 10.4. The number of hydrogen-bond acceptors (Lipinski definition) is 3. The van der Waals surface area contributed by atoms with Gasteiger partial charge in [0.25, 0.3) is 0 Å². The van der Waals surface area contributed by atoms with Gasteiger partial charge in [0.2, 0.25) is 0 Å². The predicted molar refractivity (Wildman–Crippen MR) is 41.9 cm³/mol. The second-order valence-corrected chi connectivity index (χ2v) is 1.86. The molecule has 1 heterocycles. The molecule has 0 bridgehead atoms. The number of pyridine rings is 1. The molecule has 0 fully saturated rings. The first-order valence-corrected chi connectivity index (χ1v) is 2.92. The van der Waals surface area contributed by atoms with E-state index >= 15 is 0 Å². The van der Waals surface area contributed by atoms with Gasteiger partial charge >= 0.3 is 0 Å². The molecule has 0 unspecified atom stereocenters. The Bertz CT molecular complexity index is 242. The Morgan fingerprint density at radius 3 is 2.90 bits per heavy atom. The molecule has 52 valence electrons. The molecule has 1 aromatic heterocycles. The number of nitrogens with two attached hydrogens (primary N) is 2. The van der Waals surface area contributed by atoms with E-state index in [0.717, 1.165) is 5.56 Å². The Morgan fingerprint density at radius 2 is 2.30 bits per heavy atom. The van der Waals surface area contributed by atoms with E-state index in [9.17, 15) is 0 Å². The molecule has 10 heavy (non-hydrogen) atoms. The summed E-state index contributed by atoms with van der Waals surface area (Å²) in [6, 6.07) is 1.73. The lowest BCUT2D eigenvalue weighted by atomic mass is 10.2. The molecular weight excluding hydrogens is 126 g/mol. The fourth-order valence-corrected chi connectivity index (χ4v) is 0.660. The van der Waals surface area contributed by atoms with Crippen LogP contribution in [0, 0.1) is 0 Å². The van der Waals surface area contributed by atoms with Crippen molar-refractivity contribution in [3.05, 3.63) is 30.2 Å². The summed E-state index contributed by atoms with van der Waals surface area (Å²) in [6.45, 7) is 0. The Balaban J connectivity index is 3.03. The molecule has 0 radical (unpaired) electrons. The lowest BCUT2D eigenvalue weighted by molar-refractivity contribution is 1.32. The van der Waals surface area contributed by atoms with Crippen molar-refractivity contribution in [1.29, 1.82) is 0 Å². The molecule has 0 aliphatic carbocycles. The van der Waals surface area contributed by atoms with Crippen LogP contribution in [0.5, 0.6) is 0 Å². The number of aromatic nitrogens is 1. The molecule has 0 aliphatic rings. The first-order chi connectivity index (χ1) is 4.84. The van der Waals surface area contributed by atoms with Gasteiger partial charge in [0.1, 0.15) is 0 Å². The number of rotatable bonds is 1. The maximum absolute atomic E-state index is 5.56. The van der Waals surface area contributed by atoms with Crippen LogP contribution in [0.25, 0.3) is 6.08 Å². The van der Waals surface area contributed by atoms with E-state index < -0.39 is 0 Å². The summed E-state index contributed by atoms with van der Waals surface area (Å²) in [5, 5.41) is 0. The van der Waals surface area contributed by atoms with Gasteiger partial charge < -0.3 is 11.5 Å². The molecule has 1 rings (SSSR count). The Kier molecular flexibility index (Phi) is 1.89. The fourth-order valence-electron chi connectivity index (χ4n) is 0.660. The average molecular weight is 135 g/mol. The van der Waals surface area contributed by atoms with Crippen molar-refractivity contribution in [3.8, 4) is 0 Å². The third-order valence-electron chi connectivity index (χ3n) is 1.16. The summed E-state index contributed by atoms with van der Waals surface area (Å²) in [5.41, 5.74) is 12.3. The summed E-state index contributed by atoms with van der Waals surface area (Å²) in [7, 11) is 0. The Hall–Kier alpha value is -1.51. The second kappa shape index (κ2) is 2.87. The number of nitrogens with zero attached hydrogens (tertiary/aromatic N) is 1. The van der Waals surface area contributed by atoms with E-state index in [0.29, 0.717) is 5.69 Å². The van der Waals surface area contributed by atoms with Crippen LogP contribution < -0.4 is 11.5 Å². The van der Waals surface area contributed by atoms with E-state index in [4.69, 9.17) is 11.5 Å². The minimum Gasteiger partial charge on any atom is -0.405 e. The van der Waals surface area contributed by atoms with Crippen molar-refractivity contribution in [3.63, 3.8) is 0 Å².